The second-order valence-corrected chi connectivity index (χ2v) is 4.69. The van der Waals surface area contributed by atoms with Crippen molar-refractivity contribution in [3.8, 4) is 0 Å². The van der Waals surface area contributed by atoms with Crippen molar-refractivity contribution in [2.45, 2.75) is 57.9 Å². The van der Waals surface area contributed by atoms with E-state index in [4.69, 9.17) is 0 Å². The van der Waals surface area contributed by atoms with Crippen LogP contribution in [0.5, 0.6) is 0 Å². The highest BCUT2D eigenvalue weighted by Crippen LogP contribution is 2.33. The van der Waals surface area contributed by atoms with Crippen molar-refractivity contribution < 1.29 is 4.79 Å². The van der Waals surface area contributed by atoms with Gasteiger partial charge in [-0.25, -0.2) is 0 Å². The van der Waals surface area contributed by atoms with E-state index in [0.29, 0.717) is 17.9 Å². The van der Waals surface area contributed by atoms with E-state index in [9.17, 15) is 4.79 Å². The van der Waals surface area contributed by atoms with Gasteiger partial charge in [-0.2, -0.15) is 0 Å². The van der Waals surface area contributed by atoms with Crippen LogP contribution in [0.2, 0.25) is 0 Å². The minimum absolute atomic E-state index is 0.400. The summed E-state index contributed by atoms with van der Waals surface area (Å²) in [4.78, 5) is 14.1. The summed E-state index contributed by atoms with van der Waals surface area (Å²) in [5.74, 6) is 0.844. The van der Waals surface area contributed by atoms with Gasteiger partial charge in [-0.05, 0) is 32.6 Å². The van der Waals surface area contributed by atoms with E-state index < -0.39 is 0 Å². The van der Waals surface area contributed by atoms with Crippen molar-refractivity contribution in [1.29, 1.82) is 0 Å². The second kappa shape index (κ2) is 4.33. The van der Waals surface area contributed by atoms with Crippen molar-refractivity contribution in [3.63, 3.8) is 0 Å². The number of amides is 1. The van der Waals surface area contributed by atoms with Gasteiger partial charge in [0.25, 0.3) is 0 Å². The van der Waals surface area contributed by atoms with E-state index in [2.05, 4.69) is 11.8 Å². The van der Waals surface area contributed by atoms with Crippen LogP contribution < -0.4 is 0 Å². The minimum atomic E-state index is 0.400. The third kappa shape index (κ3) is 2.10. The van der Waals surface area contributed by atoms with Gasteiger partial charge in [0, 0.05) is 18.5 Å². The van der Waals surface area contributed by atoms with Crippen LogP contribution in [0.25, 0.3) is 0 Å². The van der Waals surface area contributed by atoms with Crippen molar-refractivity contribution in [1.82, 2.24) is 4.90 Å². The smallest absolute Gasteiger partial charge is 0.225 e. The van der Waals surface area contributed by atoms with Crippen LogP contribution in [-0.4, -0.2) is 23.4 Å². The maximum absolute atomic E-state index is 12.0. The Balaban J connectivity index is 1.92. The molecule has 0 aliphatic heterocycles. The summed E-state index contributed by atoms with van der Waals surface area (Å²) in [5.41, 5.74) is 0. The van der Waals surface area contributed by atoms with E-state index in [1.807, 2.05) is 0 Å². The average Bonchev–Trinajstić information content (AvgIpc) is 3.03. The molecule has 0 aromatic rings. The Labute approximate surface area is 86.7 Å². The van der Waals surface area contributed by atoms with Crippen molar-refractivity contribution in [2.24, 2.45) is 5.92 Å². The fraction of sp³-hybridized carbons (Fsp3) is 0.917. The van der Waals surface area contributed by atoms with Crippen LogP contribution in [0.4, 0.5) is 0 Å². The lowest BCUT2D eigenvalue weighted by atomic mass is 9.94. The largest absolute Gasteiger partial charge is 0.340 e. The molecule has 2 saturated carbocycles. The molecule has 0 aromatic heterocycles. The zero-order valence-corrected chi connectivity index (χ0v) is 9.17. The van der Waals surface area contributed by atoms with E-state index >= 15 is 0 Å². The van der Waals surface area contributed by atoms with Crippen molar-refractivity contribution in [2.75, 3.05) is 6.54 Å². The number of carbonyl (C=O) groups is 1. The van der Waals surface area contributed by atoms with Crippen LogP contribution in [0, 0.1) is 5.92 Å². The Morgan fingerprint density at radius 3 is 2.29 bits per heavy atom. The van der Waals surface area contributed by atoms with Gasteiger partial charge in [-0.15, -0.1) is 0 Å². The molecule has 2 fully saturated rings. The van der Waals surface area contributed by atoms with Gasteiger partial charge >= 0.3 is 0 Å². The minimum Gasteiger partial charge on any atom is -0.340 e. The first-order valence-corrected chi connectivity index (χ1v) is 6.13. The second-order valence-electron chi connectivity index (χ2n) is 4.69. The van der Waals surface area contributed by atoms with Gasteiger partial charge in [0.2, 0.25) is 5.91 Å². The molecule has 0 heterocycles. The zero-order valence-electron chi connectivity index (χ0n) is 9.17. The molecule has 14 heavy (non-hydrogen) atoms. The average molecular weight is 195 g/mol. The molecule has 2 aliphatic rings. The number of rotatable bonds is 3. The summed E-state index contributed by atoms with van der Waals surface area (Å²) in [5, 5.41) is 0. The van der Waals surface area contributed by atoms with Crippen molar-refractivity contribution >= 4 is 5.91 Å². The van der Waals surface area contributed by atoms with E-state index in [0.717, 1.165) is 19.4 Å². The fourth-order valence-corrected chi connectivity index (χ4v) is 2.55. The van der Waals surface area contributed by atoms with Gasteiger partial charge in [-0.3, -0.25) is 4.79 Å². The van der Waals surface area contributed by atoms with Crippen LogP contribution in [0.1, 0.15) is 51.9 Å². The molecule has 0 N–H and O–H groups in total. The number of hydrogen-bond donors (Lipinski definition) is 0. The lowest BCUT2D eigenvalue weighted by molar-refractivity contribution is -0.135. The Kier molecular flexibility index (Phi) is 3.09. The molecule has 2 rings (SSSR count). The molecule has 2 heteroatoms. The topological polar surface area (TPSA) is 20.3 Å². The van der Waals surface area contributed by atoms with Gasteiger partial charge in [0.1, 0.15) is 0 Å². The summed E-state index contributed by atoms with van der Waals surface area (Å²) < 4.78 is 0. The molecule has 0 unspecified atom stereocenters. The maximum atomic E-state index is 12.0. The van der Waals surface area contributed by atoms with Gasteiger partial charge in [0.15, 0.2) is 0 Å². The molecule has 2 aliphatic carbocycles. The molecular formula is C12H21NO. The third-order valence-corrected chi connectivity index (χ3v) is 3.57. The highest BCUT2D eigenvalue weighted by atomic mass is 16.2. The monoisotopic (exact) mass is 195 g/mol. The fourth-order valence-electron chi connectivity index (χ4n) is 2.55. The molecule has 1 amide bonds. The molecule has 2 nitrogen and oxygen atoms in total. The number of hydrogen-bond acceptors (Lipinski definition) is 1. The van der Waals surface area contributed by atoms with Crippen LogP contribution in [0.3, 0.4) is 0 Å². The van der Waals surface area contributed by atoms with E-state index in [1.165, 1.54) is 32.1 Å². The predicted octanol–water partition coefficient (Wildman–Crippen LogP) is 2.58. The summed E-state index contributed by atoms with van der Waals surface area (Å²) in [6, 6.07) is 0.571. The van der Waals surface area contributed by atoms with Gasteiger partial charge < -0.3 is 4.90 Å². The standard InChI is InChI=1S/C12H21NO/c1-2-13(12(14)10-8-9-10)11-6-4-3-5-7-11/h10-11H,2-9H2,1H3. The SMILES string of the molecule is CCN(C(=O)C1CC1)C1CCCCC1. The summed E-state index contributed by atoms with van der Waals surface area (Å²) in [6.45, 7) is 3.04. The van der Waals surface area contributed by atoms with Crippen LogP contribution >= 0.6 is 0 Å². The van der Waals surface area contributed by atoms with E-state index in [-0.39, 0.29) is 0 Å². The van der Waals surface area contributed by atoms with Crippen molar-refractivity contribution in [3.05, 3.63) is 0 Å². The quantitative estimate of drug-likeness (QED) is 0.678. The normalized spacial score (nSPS) is 23.5. The Hall–Kier alpha value is -0.530. The van der Waals surface area contributed by atoms with E-state index in [1.54, 1.807) is 0 Å². The lowest BCUT2D eigenvalue weighted by Gasteiger charge is -2.33. The highest BCUT2D eigenvalue weighted by molar-refractivity contribution is 5.81. The first-order chi connectivity index (χ1) is 6.83. The van der Waals surface area contributed by atoms with Crippen LogP contribution in [-0.2, 0) is 4.79 Å². The Bertz CT molecular complexity index is 204. The summed E-state index contributed by atoms with van der Waals surface area (Å²) in [6.07, 6.45) is 8.77. The van der Waals surface area contributed by atoms with Gasteiger partial charge in [-0.1, -0.05) is 19.3 Å². The number of nitrogens with zero attached hydrogens (tertiary/aromatic N) is 1. The molecule has 0 radical (unpaired) electrons. The molecule has 0 saturated heterocycles. The molecule has 80 valence electrons. The van der Waals surface area contributed by atoms with Gasteiger partial charge in [0.05, 0.1) is 0 Å². The maximum Gasteiger partial charge on any atom is 0.225 e. The Morgan fingerprint density at radius 1 is 1.14 bits per heavy atom. The first kappa shape index (κ1) is 10.0. The Morgan fingerprint density at radius 2 is 1.79 bits per heavy atom. The number of carbonyl (C=O) groups excluding carboxylic acids is 1. The molecule has 0 spiro atoms. The lowest BCUT2D eigenvalue weighted by Crippen LogP contribution is -2.42. The third-order valence-electron chi connectivity index (χ3n) is 3.57. The molecule has 0 atom stereocenters. The zero-order chi connectivity index (χ0) is 9.97. The molecular weight excluding hydrogens is 174 g/mol. The van der Waals surface area contributed by atoms with Crippen LogP contribution in [0.15, 0.2) is 0 Å². The predicted molar refractivity (Wildman–Crippen MR) is 57.0 cm³/mol. The molecule has 0 bridgehead atoms. The summed E-state index contributed by atoms with van der Waals surface area (Å²) in [7, 11) is 0. The first-order valence-electron chi connectivity index (χ1n) is 6.13. The summed E-state index contributed by atoms with van der Waals surface area (Å²) >= 11 is 0. The highest BCUT2D eigenvalue weighted by Gasteiger charge is 2.35. The molecule has 0 aromatic carbocycles.